The maximum Gasteiger partial charge on any atom is 0.455 e. The molecule has 9 heteroatoms. The zero-order chi connectivity index (χ0) is 10.9. The number of nitrogens with one attached hydrogen (secondary N) is 1. The number of hydrogen-bond acceptors (Lipinski definition) is 4. The predicted molar refractivity (Wildman–Crippen MR) is 35.6 cm³/mol. The smallest absolute Gasteiger partial charge is 0.358 e. The van der Waals surface area contributed by atoms with Gasteiger partial charge in [0.1, 0.15) is 5.56 Å². The van der Waals surface area contributed by atoms with Crippen molar-refractivity contribution in [3.63, 3.8) is 0 Å². The fraction of sp³-hybridized carbons (Fsp3) is 0.200. The number of halogens is 3. The summed E-state index contributed by atoms with van der Waals surface area (Å²) in [4.78, 5) is 19.5. The van der Waals surface area contributed by atoms with E-state index in [2.05, 4.69) is 5.10 Å². The lowest BCUT2D eigenvalue weighted by Crippen LogP contribution is -2.23. The highest BCUT2D eigenvalue weighted by atomic mass is 19.4. The Bertz CT molecular complexity index is 383. The van der Waals surface area contributed by atoms with Crippen molar-refractivity contribution in [2.45, 2.75) is 6.18 Å². The van der Waals surface area contributed by atoms with E-state index >= 15 is 0 Å². The molecule has 0 aliphatic rings. The fourth-order valence-corrected chi connectivity index (χ4v) is 0.737. The molecule has 1 N–H and O–H groups in total. The van der Waals surface area contributed by atoms with E-state index in [0.717, 1.165) is 0 Å². The molecule has 0 aliphatic heterocycles. The summed E-state index contributed by atoms with van der Waals surface area (Å²) in [6, 6.07) is 0. The number of alkyl halides is 3. The first-order chi connectivity index (χ1) is 6.34. The molecule has 0 spiro atoms. The molecule has 6 nitrogen and oxygen atoms in total. The van der Waals surface area contributed by atoms with Gasteiger partial charge in [0.2, 0.25) is 0 Å². The van der Waals surface area contributed by atoms with Crippen LogP contribution in [0.15, 0.2) is 6.20 Å². The van der Waals surface area contributed by atoms with E-state index < -0.39 is 28.3 Å². The number of nitrogens with zero attached hydrogens (tertiary/aromatic N) is 2. The Kier molecular flexibility index (Phi) is 2.24. The summed E-state index contributed by atoms with van der Waals surface area (Å²) in [6.45, 7) is 0. The molecule has 14 heavy (non-hydrogen) atoms. The van der Waals surface area contributed by atoms with E-state index in [1.807, 2.05) is 0 Å². The predicted octanol–water partition coefficient (Wildman–Crippen LogP) is 1.06. The summed E-state index contributed by atoms with van der Waals surface area (Å²) in [5.41, 5.74) is -1.09. The Hall–Kier alpha value is -1.93. The number of rotatable bonds is 2. The Morgan fingerprint density at radius 3 is 2.57 bits per heavy atom. The molecular weight excluding hydrogens is 207 g/mol. The standard InChI is InChI=1S/C5H2F3N3O3/c6-5(7,8)3(12)2-1-9-10-4(2)11(13)14/h1H,(H,9,10). The second-order valence-corrected chi connectivity index (χ2v) is 2.22. The van der Waals surface area contributed by atoms with Crippen LogP contribution in [0.25, 0.3) is 0 Å². The van der Waals surface area contributed by atoms with E-state index in [0.29, 0.717) is 6.20 Å². The SMILES string of the molecule is O=C(c1cn[nH]c1[N+](=O)[O-])C(F)(F)F. The van der Waals surface area contributed by atoms with Crippen molar-refractivity contribution in [1.82, 2.24) is 10.2 Å². The lowest BCUT2D eigenvalue weighted by molar-refractivity contribution is -0.389. The largest absolute Gasteiger partial charge is 0.455 e. The van der Waals surface area contributed by atoms with Crippen molar-refractivity contribution < 1.29 is 22.9 Å². The molecule has 0 atom stereocenters. The maximum atomic E-state index is 11.8. The molecule has 0 unspecified atom stereocenters. The average molecular weight is 209 g/mol. The second-order valence-electron chi connectivity index (χ2n) is 2.22. The molecule has 0 radical (unpaired) electrons. The lowest BCUT2D eigenvalue weighted by atomic mass is 10.2. The first-order valence-electron chi connectivity index (χ1n) is 3.13. The van der Waals surface area contributed by atoms with E-state index in [1.165, 1.54) is 0 Å². The van der Waals surface area contributed by atoms with E-state index in [9.17, 15) is 28.1 Å². The number of ketones is 1. The molecule has 76 valence electrons. The molecule has 1 aromatic rings. The molecule has 0 saturated carbocycles. The maximum absolute atomic E-state index is 11.8. The van der Waals surface area contributed by atoms with Gasteiger partial charge in [0.05, 0.1) is 6.20 Å². The molecule has 0 fully saturated rings. The average Bonchev–Trinajstić information content (AvgIpc) is 2.48. The fourth-order valence-electron chi connectivity index (χ4n) is 0.737. The summed E-state index contributed by atoms with van der Waals surface area (Å²) >= 11 is 0. The summed E-state index contributed by atoms with van der Waals surface area (Å²) < 4.78 is 35.5. The minimum atomic E-state index is -5.14. The summed E-state index contributed by atoms with van der Waals surface area (Å²) in [7, 11) is 0. The topological polar surface area (TPSA) is 88.9 Å². The Morgan fingerprint density at radius 1 is 1.57 bits per heavy atom. The van der Waals surface area contributed by atoms with Crippen LogP contribution in [-0.2, 0) is 0 Å². The van der Waals surface area contributed by atoms with E-state index in [1.54, 1.807) is 5.10 Å². The number of hydrogen-bond donors (Lipinski definition) is 1. The summed E-state index contributed by atoms with van der Waals surface area (Å²) in [5, 5.41) is 14.8. The van der Waals surface area contributed by atoms with Crippen molar-refractivity contribution in [3.05, 3.63) is 21.9 Å². The minimum absolute atomic E-state index is 0.466. The molecule has 1 rings (SSSR count). The highest BCUT2D eigenvalue weighted by Gasteiger charge is 2.43. The Balaban J connectivity index is 3.14. The quantitative estimate of drug-likeness (QED) is 0.448. The van der Waals surface area contributed by atoms with Gasteiger partial charge in [-0.25, -0.2) is 0 Å². The normalized spacial score (nSPS) is 11.4. The third kappa shape index (κ3) is 1.70. The molecule has 1 aromatic heterocycles. The molecule has 1 heterocycles. The number of Topliss-reactive ketones (excluding diaryl/α,β-unsaturated/α-hetero) is 1. The minimum Gasteiger partial charge on any atom is -0.358 e. The Labute approximate surface area is 73.9 Å². The third-order valence-electron chi connectivity index (χ3n) is 1.30. The number of carbonyl (C=O) groups excluding carboxylic acids is 1. The lowest BCUT2D eigenvalue weighted by Gasteiger charge is -2.01. The van der Waals surface area contributed by atoms with Gasteiger partial charge in [-0.05, 0) is 4.92 Å². The van der Waals surface area contributed by atoms with Crippen LogP contribution in [0.5, 0.6) is 0 Å². The highest BCUT2D eigenvalue weighted by molar-refractivity contribution is 6.02. The van der Waals surface area contributed by atoms with Gasteiger partial charge in [0, 0.05) is 0 Å². The van der Waals surface area contributed by atoms with Gasteiger partial charge in [-0.2, -0.15) is 13.2 Å². The number of aromatic amines is 1. The first kappa shape index (κ1) is 10.2. The monoisotopic (exact) mass is 209 g/mol. The molecule has 0 aromatic carbocycles. The van der Waals surface area contributed by atoms with Crippen LogP contribution < -0.4 is 0 Å². The van der Waals surface area contributed by atoms with Crippen LogP contribution in [-0.4, -0.2) is 27.1 Å². The van der Waals surface area contributed by atoms with E-state index in [4.69, 9.17) is 0 Å². The summed E-state index contributed by atoms with van der Waals surface area (Å²) in [5.74, 6) is -3.36. The first-order valence-corrected chi connectivity index (χ1v) is 3.13. The van der Waals surface area contributed by atoms with Crippen LogP contribution in [0.4, 0.5) is 19.0 Å². The second kappa shape index (κ2) is 3.09. The number of H-pyrrole nitrogens is 1. The number of nitro groups is 1. The van der Waals surface area contributed by atoms with Gasteiger partial charge in [0.25, 0.3) is 5.78 Å². The zero-order valence-electron chi connectivity index (χ0n) is 6.33. The van der Waals surface area contributed by atoms with Gasteiger partial charge in [0.15, 0.2) is 0 Å². The summed E-state index contributed by atoms with van der Waals surface area (Å²) in [6.07, 6.45) is -4.68. The molecule has 0 aliphatic carbocycles. The third-order valence-corrected chi connectivity index (χ3v) is 1.30. The van der Waals surface area contributed by atoms with Crippen LogP contribution in [0.3, 0.4) is 0 Å². The van der Waals surface area contributed by atoms with Crippen LogP contribution >= 0.6 is 0 Å². The van der Waals surface area contributed by atoms with Crippen LogP contribution in [0.1, 0.15) is 10.4 Å². The van der Waals surface area contributed by atoms with Gasteiger partial charge in [-0.15, -0.1) is 5.10 Å². The van der Waals surface area contributed by atoms with Gasteiger partial charge < -0.3 is 10.1 Å². The van der Waals surface area contributed by atoms with Crippen LogP contribution in [0.2, 0.25) is 0 Å². The number of carbonyl (C=O) groups is 1. The number of aromatic nitrogens is 2. The van der Waals surface area contributed by atoms with Crippen molar-refractivity contribution in [2.24, 2.45) is 0 Å². The Morgan fingerprint density at radius 2 is 2.14 bits per heavy atom. The molecule has 0 bridgehead atoms. The molecular formula is C5H2F3N3O3. The van der Waals surface area contributed by atoms with Crippen molar-refractivity contribution in [2.75, 3.05) is 0 Å². The van der Waals surface area contributed by atoms with Gasteiger partial charge in [-0.1, -0.05) is 5.10 Å². The highest BCUT2D eigenvalue weighted by Crippen LogP contribution is 2.25. The van der Waals surface area contributed by atoms with Crippen LogP contribution in [0, 0.1) is 10.1 Å². The van der Waals surface area contributed by atoms with Gasteiger partial charge in [-0.3, -0.25) is 4.79 Å². The zero-order valence-corrected chi connectivity index (χ0v) is 6.33. The van der Waals surface area contributed by atoms with Crippen molar-refractivity contribution >= 4 is 11.6 Å². The van der Waals surface area contributed by atoms with Gasteiger partial charge >= 0.3 is 12.0 Å². The van der Waals surface area contributed by atoms with E-state index in [-0.39, 0.29) is 0 Å². The van der Waals surface area contributed by atoms with Crippen molar-refractivity contribution in [3.8, 4) is 0 Å². The molecule has 0 amide bonds. The van der Waals surface area contributed by atoms with Crippen molar-refractivity contribution in [1.29, 1.82) is 0 Å². The molecule has 0 saturated heterocycles.